The summed E-state index contributed by atoms with van der Waals surface area (Å²) in [6, 6.07) is 1.57. The molecule has 0 bridgehead atoms. The smallest absolute Gasteiger partial charge is 0.183 e. The highest BCUT2D eigenvalue weighted by molar-refractivity contribution is 5.15. The molecule has 3 heteroatoms. The van der Waals surface area contributed by atoms with Crippen molar-refractivity contribution in [3.8, 4) is 0 Å². The number of aromatic nitrogens is 2. The van der Waals surface area contributed by atoms with Crippen molar-refractivity contribution in [2.75, 3.05) is 0 Å². The SMILES string of the molecule is C[CH]c1ccnnc1F. The maximum absolute atomic E-state index is 12.4. The molecule has 9 heavy (non-hydrogen) atoms. The van der Waals surface area contributed by atoms with Gasteiger partial charge in [0.05, 0.1) is 6.20 Å². The van der Waals surface area contributed by atoms with Crippen LogP contribution in [0.2, 0.25) is 0 Å². The molecule has 0 saturated carbocycles. The Morgan fingerprint density at radius 2 is 2.44 bits per heavy atom. The van der Waals surface area contributed by atoms with Gasteiger partial charge < -0.3 is 0 Å². The highest BCUT2D eigenvalue weighted by atomic mass is 19.1. The molecule has 1 aromatic heterocycles. The van der Waals surface area contributed by atoms with Crippen molar-refractivity contribution in [1.29, 1.82) is 0 Å². The van der Waals surface area contributed by atoms with Crippen molar-refractivity contribution in [2.45, 2.75) is 6.92 Å². The Morgan fingerprint density at radius 1 is 1.67 bits per heavy atom. The molecule has 0 atom stereocenters. The zero-order chi connectivity index (χ0) is 6.69. The quantitative estimate of drug-likeness (QED) is 0.563. The molecule has 0 aliphatic heterocycles. The van der Waals surface area contributed by atoms with Crippen LogP contribution in [-0.4, -0.2) is 10.2 Å². The molecule has 0 N–H and O–H groups in total. The van der Waals surface area contributed by atoms with Crippen LogP contribution in [-0.2, 0) is 0 Å². The van der Waals surface area contributed by atoms with Crippen LogP contribution in [0.4, 0.5) is 4.39 Å². The minimum absolute atomic E-state index is 0.491. The summed E-state index contributed by atoms with van der Waals surface area (Å²) >= 11 is 0. The van der Waals surface area contributed by atoms with Crippen molar-refractivity contribution in [3.63, 3.8) is 0 Å². The van der Waals surface area contributed by atoms with Crippen LogP contribution in [0, 0.1) is 12.4 Å². The maximum atomic E-state index is 12.4. The van der Waals surface area contributed by atoms with E-state index in [2.05, 4.69) is 10.2 Å². The second-order valence-electron chi connectivity index (χ2n) is 1.57. The average Bonchev–Trinajstić information content (AvgIpc) is 1.89. The Bertz CT molecular complexity index is 200. The molecule has 47 valence electrons. The normalized spacial score (nSPS) is 9.56. The predicted octanol–water partition coefficient (Wildman–Crippen LogP) is 1.19. The minimum Gasteiger partial charge on any atom is -0.183 e. The lowest BCUT2D eigenvalue weighted by molar-refractivity contribution is 0.556. The van der Waals surface area contributed by atoms with Gasteiger partial charge in [-0.05, 0) is 12.5 Å². The third-order valence-electron chi connectivity index (χ3n) is 1.02. The van der Waals surface area contributed by atoms with Gasteiger partial charge in [0.15, 0.2) is 0 Å². The molecule has 0 unspecified atom stereocenters. The van der Waals surface area contributed by atoms with Gasteiger partial charge in [0, 0.05) is 5.56 Å². The van der Waals surface area contributed by atoms with Gasteiger partial charge in [0.2, 0.25) is 5.95 Å². The fourth-order valence-electron chi connectivity index (χ4n) is 0.539. The van der Waals surface area contributed by atoms with Gasteiger partial charge >= 0.3 is 0 Å². The standard InChI is InChI=1S/C6H6FN2/c1-2-5-3-4-8-9-6(5)7/h2-4H,1H3. The average molecular weight is 125 g/mol. The molecular formula is C6H6FN2. The van der Waals surface area contributed by atoms with E-state index in [1.165, 1.54) is 6.20 Å². The summed E-state index contributed by atoms with van der Waals surface area (Å²) in [4.78, 5) is 0. The molecule has 1 radical (unpaired) electrons. The Morgan fingerprint density at radius 3 is 2.89 bits per heavy atom. The summed E-state index contributed by atoms with van der Waals surface area (Å²) in [6.45, 7) is 1.75. The second-order valence-corrected chi connectivity index (χ2v) is 1.57. The first-order valence-corrected chi connectivity index (χ1v) is 2.61. The van der Waals surface area contributed by atoms with Crippen LogP contribution in [0.1, 0.15) is 12.5 Å². The zero-order valence-corrected chi connectivity index (χ0v) is 5.00. The van der Waals surface area contributed by atoms with Crippen LogP contribution in [0.5, 0.6) is 0 Å². The van der Waals surface area contributed by atoms with Gasteiger partial charge in [-0.25, -0.2) is 0 Å². The van der Waals surface area contributed by atoms with E-state index in [9.17, 15) is 4.39 Å². The Labute approximate surface area is 52.7 Å². The molecule has 1 heterocycles. The van der Waals surface area contributed by atoms with Crippen LogP contribution in [0.15, 0.2) is 12.3 Å². The van der Waals surface area contributed by atoms with Gasteiger partial charge in [-0.3, -0.25) is 0 Å². The van der Waals surface area contributed by atoms with E-state index in [1.807, 2.05) is 0 Å². The van der Waals surface area contributed by atoms with Crippen molar-refractivity contribution in [3.05, 3.63) is 30.2 Å². The van der Waals surface area contributed by atoms with Gasteiger partial charge in [-0.1, -0.05) is 6.92 Å². The third-order valence-corrected chi connectivity index (χ3v) is 1.02. The highest BCUT2D eigenvalue weighted by Crippen LogP contribution is 2.02. The summed E-state index contributed by atoms with van der Waals surface area (Å²) < 4.78 is 12.4. The molecular weight excluding hydrogens is 119 g/mol. The molecule has 0 amide bonds. The van der Waals surface area contributed by atoms with E-state index in [0.717, 1.165) is 0 Å². The molecule has 0 aliphatic carbocycles. The topological polar surface area (TPSA) is 25.8 Å². The van der Waals surface area contributed by atoms with Crippen molar-refractivity contribution < 1.29 is 4.39 Å². The van der Waals surface area contributed by atoms with Crippen molar-refractivity contribution in [2.24, 2.45) is 0 Å². The summed E-state index contributed by atoms with van der Waals surface area (Å²) in [5.41, 5.74) is 0.491. The van der Waals surface area contributed by atoms with Gasteiger partial charge in [0.25, 0.3) is 0 Å². The highest BCUT2D eigenvalue weighted by Gasteiger charge is 1.97. The maximum Gasteiger partial charge on any atom is 0.236 e. The van der Waals surface area contributed by atoms with Gasteiger partial charge in [-0.15, -0.1) is 5.10 Å². The summed E-state index contributed by atoms with van der Waals surface area (Å²) in [5, 5.41) is 6.55. The Kier molecular flexibility index (Phi) is 1.72. The van der Waals surface area contributed by atoms with Crippen LogP contribution in [0.25, 0.3) is 0 Å². The minimum atomic E-state index is -0.514. The Balaban J connectivity index is 3.01. The fourth-order valence-corrected chi connectivity index (χ4v) is 0.539. The monoisotopic (exact) mass is 125 g/mol. The van der Waals surface area contributed by atoms with Crippen LogP contribution in [0.3, 0.4) is 0 Å². The molecule has 0 spiro atoms. The molecule has 0 aromatic carbocycles. The lowest BCUT2D eigenvalue weighted by Crippen LogP contribution is -1.91. The molecule has 1 rings (SSSR count). The first-order chi connectivity index (χ1) is 4.34. The second kappa shape index (κ2) is 2.53. The van der Waals surface area contributed by atoms with E-state index in [0.29, 0.717) is 5.56 Å². The number of nitrogens with zero attached hydrogens (tertiary/aromatic N) is 2. The fraction of sp³-hybridized carbons (Fsp3) is 0.167. The Hall–Kier alpha value is -0.990. The largest absolute Gasteiger partial charge is 0.236 e. The van der Waals surface area contributed by atoms with E-state index in [1.54, 1.807) is 19.4 Å². The zero-order valence-electron chi connectivity index (χ0n) is 5.00. The van der Waals surface area contributed by atoms with Crippen LogP contribution >= 0.6 is 0 Å². The van der Waals surface area contributed by atoms with E-state index >= 15 is 0 Å². The van der Waals surface area contributed by atoms with Crippen molar-refractivity contribution in [1.82, 2.24) is 10.2 Å². The van der Waals surface area contributed by atoms with Crippen molar-refractivity contribution >= 4 is 0 Å². The molecule has 0 saturated heterocycles. The molecule has 2 nitrogen and oxygen atoms in total. The first kappa shape index (κ1) is 6.13. The van der Waals surface area contributed by atoms with Crippen LogP contribution < -0.4 is 0 Å². The number of halogens is 1. The van der Waals surface area contributed by atoms with Gasteiger partial charge in [-0.2, -0.15) is 9.49 Å². The van der Waals surface area contributed by atoms with Gasteiger partial charge in [0.1, 0.15) is 0 Å². The molecule has 0 fully saturated rings. The number of hydrogen-bond donors (Lipinski definition) is 0. The van der Waals surface area contributed by atoms with E-state index < -0.39 is 5.95 Å². The molecule has 1 aromatic rings. The first-order valence-electron chi connectivity index (χ1n) is 2.61. The lowest BCUT2D eigenvalue weighted by Gasteiger charge is -1.92. The summed E-state index contributed by atoms with van der Waals surface area (Å²) in [5.74, 6) is -0.514. The van der Waals surface area contributed by atoms with E-state index in [4.69, 9.17) is 0 Å². The summed E-state index contributed by atoms with van der Waals surface area (Å²) in [6.07, 6.45) is 3.10. The summed E-state index contributed by atoms with van der Waals surface area (Å²) in [7, 11) is 0. The number of hydrogen-bond acceptors (Lipinski definition) is 2. The molecule has 0 aliphatic rings. The lowest BCUT2D eigenvalue weighted by atomic mass is 10.2. The van der Waals surface area contributed by atoms with E-state index in [-0.39, 0.29) is 0 Å². The third kappa shape index (κ3) is 1.22. The predicted molar refractivity (Wildman–Crippen MR) is 31.1 cm³/mol. The number of rotatable bonds is 1.